The fourth-order valence-corrected chi connectivity index (χ4v) is 3.15. The van der Waals surface area contributed by atoms with Gasteiger partial charge in [0.15, 0.2) is 0 Å². The third-order valence-corrected chi connectivity index (χ3v) is 4.28. The van der Waals surface area contributed by atoms with Crippen molar-refractivity contribution in [3.8, 4) is 0 Å². The van der Waals surface area contributed by atoms with Gasteiger partial charge in [0.1, 0.15) is 0 Å². The summed E-state index contributed by atoms with van der Waals surface area (Å²) >= 11 is 0. The Bertz CT molecular complexity index is 377. The van der Waals surface area contributed by atoms with Crippen LogP contribution in [-0.2, 0) is 6.42 Å². The number of rotatable bonds is 6. The van der Waals surface area contributed by atoms with E-state index in [0.717, 1.165) is 18.9 Å². The number of piperazine rings is 1. The molecule has 0 aliphatic carbocycles. The highest BCUT2D eigenvalue weighted by Gasteiger charge is 2.26. The first-order valence-electron chi connectivity index (χ1n) is 8.05. The van der Waals surface area contributed by atoms with Crippen LogP contribution in [0.5, 0.6) is 0 Å². The van der Waals surface area contributed by atoms with Crippen molar-refractivity contribution >= 4 is 0 Å². The predicted molar refractivity (Wildman–Crippen MR) is 84.8 cm³/mol. The van der Waals surface area contributed by atoms with Gasteiger partial charge in [-0.2, -0.15) is 0 Å². The van der Waals surface area contributed by atoms with Gasteiger partial charge in [-0.15, -0.1) is 0 Å². The third-order valence-electron chi connectivity index (χ3n) is 4.28. The molecule has 20 heavy (non-hydrogen) atoms. The molecule has 0 amide bonds. The minimum absolute atomic E-state index is 0.662. The molecule has 0 spiro atoms. The largest absolute Gasteiger partial charge is 0.311 e. The smallest absolute Gasteiger partial charge is 0.0270 e. The van der Waals surface area contributed by atoms with Crippen molar-refractivity contribution in [2.24, 2.45) is 5.92 Å². The number of hydrogen-bond acceptors (Lipinski definition) is 3. The van der Waals surface area contributed by atoms with Gasteiger partial charge in [0.2, 0.25) is 0 Å². The zero-order valence-corrected chi connectivity index (χ0v) is 13.2. The Kier molecular flexibility index (Phi) is 5.99. The molecule has 1 aromatic heterocycles. The lowest BCUT2D eigenvalue weighted by Crippen LogP contribution is -2.56. The summed E-state index contributed by atoms with van der Waals surface area (Å²) < 4.78 is 0. The molecule has 1 aliphatic rings. The maximum Gasteiger partial charge on any atom is 0.0270 e. The second-order valence-electron chi connectivity index (χ2n) is 6.40. The van der Waals surface area contributed by atoms with E-state index < -0.39 is 0 Å². The van der Waals surface area contributed by atoms with Crippen LogP contribution in [0.1, 0.15) is 39.2 Å². The highest BCUT2D eigenvalue weighted by molar-refractivity contribution is 5.10. The van der Waals surface area contributed by atoms with Gasteiger partial charge < -0.3 is 5.32 Å². The lowest BCUT2D eigenvalue weighted by atomic mass is 9.98. The van der Waals surface area contributed by atoms with Crippen molar-refractivity contribution in [2.75, 3.05) is 19.6 Å². The van der Waals surface area contributed by atoms with Crippen molar-refractivity contribution in [3.63, 3.8) is 0 Å². The van der Waals surface area contributed by atoms with Gasteiger partial charge in [-0.3, -0.25) is 9.88 Å². The molecule has 3 heteroatoms. The second kappa shape index (κ2) is 7.75. The Hall–Kier alpha value is -0.930. The molecule has 3 nitrogen and oxygen atoms in total. The van der Waals surface area contributed by atoms with E-state index >= 15 is 0 Å². The molecule has 1 fully saturated rings. The van der Waals surface area contributed by atoms with Gasteiger partial charge in [0, 0.05) is 44.1 Å². The molecule has 0 saturated carbocycles. The molecule has 1 saturated heterocycles. The van der Waals surface area contributed by atoms with Crippen molar-refractivity contribution in [1.29, 1.82) is 0 Å². The molecule has 2 atom stereocenters. The van der Waals surface area contributed by atoms with Crippen molar-refractivity contribution in [1.82, 2.24) is 15.2 Å². The first-order valence-corrected chi connectivity index (χ1v) is 8.05. The lowest BCUT2D eigenvalue weighted by molar-refractivity contribution is 0.120. The molecule has 0 bridgehead atoms. The fourth-order valence-electron chi connectivity index (χ4n) is 3.15. The number of aromatic nitrogens is 1. The van der Waals surface area contributed by atoms with E-state index in [4.69, 9.17) is 0 Å². The van der Waals surface area contributed by atoms with Gasteiger partial charge in [-0.1, -0.05) is 20.8 Å². The number of hydrogen-bond donors (Lipinski definition) is 1. The molecule has 1 aliphatic heterocycles. The average molecular weight is 275 g/mol. The molecule has 0 radical (unpaired) electrons. The molecular formula is C17H29N3. The maximum absolute atomic E-state index is 4.09. The second-order valence-corrected chi connectivity index (χ2v) is 6.40. The third kappa shape index (κ3) is 4.57. The summed E-state index contributed by atoms with van der Waals surface area (Å²) in [7, 11) is 0. The molecule has 2 unspecified atom stereocenters. The Balaban J connectivity index is 1.88. The predicted octanol–water partition coefficient (Wildman–Crippen LogP) is 2.72. The van der Waals surface area contributed by atoms with E-state index in [0.29, 0.717) is 12.1 Å². The Morgan fingerprint density at radius 2 is 2.10 bits per heavy atom. The SMILES string of the molecule is CCC1CNC(CC(C)C)CN1CCc1ccncc1. The standard InChI is InChI=1S/C17H29N3/c1-4-17-12-19-16(11-14(2)3)13-20(17)10-7-15-5-8-18-9-6-15/h5-6,8-9,14,16-17,19H,4,7,10-13H2,1-3H3. The normalized spacial score (nSPS) is 24.2. The molecular weight excluding hydrogens is 246 g/mol. The van der Waals surface area contributed by atoms with Crippen LogP contribution in [0.3, 0.4) is 0 Å². The molecule has 1 aromatic rings. The van der Waals surface area contributed by atoms with Gasteiger partial charge >= 0.3 is 0 Å². The van der Waals surface area contributed by atoms with E-state index in [-0.39, 0.29) is 0 Å². The summed E-state index contributed by atoms with van der Waals surface area (Å²) in [6.07, 6.45) is 7.44. The van der Waals surface area contributed by atoms with Crippen LogP contribution in [-0.4, -0.2) is 41.6 Å². The monoisotopic (exact) mass is 275 g/mol. The van der Waals surface area contributed by atoms with Crippen LogP contribution in [0.15, 0.2) is 24.5 Å². The minimum atomic E-state index is 0.662. The number of pyridine rings is 1. The van der Waals surface area contributed by atoms with E-state index in [1.54, 1.807) is 0 Å². The van der Waals surface area contributed by atoms with Crippen LogP contribution in [0, 0.1) is 5.92 Å². The lowest BCUT2D eigenvalue weighted by Gasteiger charge is -2.40. The summed E-state index contributed by atoms with van der Waals surface area (Å²) in [6, 6.07) is 5.62. The zero-order chi connectivity index (χ0) is 14.4. The summed E-state index contributed by atoms with van der Waals surface area (Å²) in [4.78, 5) is 6.78. The Morgan fingerprint density at radius 3 is 2.75 bits per heavy atom. The quantitative estimate of drug-likeness (QED) is 0.865. The van der Waals surface area contributed by atoms with Gasteiger partial charge in [-0.05, 0) is 42.9 Å². The Morgan fingerprint density at radius 1 is 1.35 bits per heavy atom. The fraction of sp³-hybridized carbons (Fsp3) is 0.706. The first kappa shape index (κ1) is 15.5. The topological polar surface area (TPSA) is 28.2 Å². The van der Waals surface area contributed by atoms with Crippen LogP contribution in [0.2, 0.25) is 0 Å². The summed E-state index contributed by atoms with van der Waals surface area (Å²) in [5.41, 5.74) is 1.40. The number of nitrogens with zero attached hydrogens (tertiary/aromatic N) is 2. The van der Waals surface area contributed by atoms with E-state index in [1.165, 1.54) is 31.5 Å². The summed E-state index contributed by atoms with van der Waals surface area (Å²) in [6.45, 7) is 10.4. The van der Waals surface area contributed by atoms with Crippen LogP contribution in [0.25, 0.3) is 0 Å². The molecule has 112 valence electrons. The van der Waals surface area contributed by atoms with Gasteiger partial charge in [-0.25, -0.2) is 0 Å². The van der Waals surface area contributed by atoms with E-state index in [9.17, 15) is 0 Å². The van der Waals surface area contributed by atoms with Crippen LogP contribution >= 0.6 is 0 Å². The van der Waals surface area contributed by atoms with Crippen LogP contribution in [0.4, 0.5) is 0 Å². The zero-order valence-electron chi connectivity index (χ0n) is 13.2. The van der Waals surface area contributed by atoms with Gasteiger partial charge in [0.25, 0.3) is 0 Å². The van der Waals surface area contributed by atoms with Crippen LogP contribution < -0.4 is 5.32 Å². The number of nitrogens with one attached hydrogen (secondary N) is 1. The van der Waals surface area contributed by atoms with Crippen molar-refractivity contribution < 1.29 is 0 Å². The summed E-state index contributed by atoms with van der Waals surface area (Å²) in [5, 5.41) is 3.73. The molecule has 1 N–H and O–H groups in total. The first-order chi connectivity index (χ1) is 9.69. The maximum atomic E-state index is 4.09. The van der Waals surface area contributed by atoms with Crippen molar-refractivity contribution in [3.05, 3.63) is 30.1 Å². The minimum Gasteiger partial charge on any atom is -0.311 e. The molecule has 0 aromatic carbocycles. The highest BCUT2D eigenvalue weighted by Crippen LogP contribution is 2.16. The van der Waals surface area contributed by atoms with Gasteiger partial charge in [0.05, 0.1) is 0 Å². The average Bonchev–Trinajstić information content (AvgIpc) is 2.46. The molecule has 2 heterocycles. The summed E-state index contributed by atoms with van der Waals surface area (Å²) in [5.74, 6) is 0.771. The van der Waals surface area contributed by atoms with E-state index in [2.05, 4.69) is 48.1 Å². The molecule has 2 rings (SSSR count). The highest BCUT2D eigenvalue weighted by atomic mass is 15.2. The van der Waals surface area contributed by atoms with Crippen molar-refractivity contribution in [2.45, 2.75) is 52.1 Å². The van der Waals surface area contributed by atoms with E-state index in [1.807, 2.05) is 12.4 Å². The Labute approximate surface area is 123 Å².